The van der Waals surface area contributed by atoms with E-state index in [9.17, 15) is 4.39 Å². The van der Waals surface area contributed by atoms with E-state index < -0.39 is 6.17 Å². The van der Waals surface area contributed by atoms with E-state index >= 15 is 0 Å². The molecule has 0 heterocycles. The highest BCUT2D eigenvalue weighted by molar-refractivity contribution is 4.74. The average Bonchev–Trinajstić information content (AvgIpc) is 1.80. The molecule has 1 saturated carbocycles. The van der Waals surface area contributed by atoms with Crippen molar-refractivity contribution in [1.29, 1.82) is 0 Å². The molecule has 0 unspecified atom stereocenters. The Bertz CT molecular complexity index is 90.6. The average molecular weight is 130 g/mol. The molecule has 0 aliphatic heterocycles. The molecule has 1 aliphatic carbocycles. The fourth-order valence-corrected chi connectivity index (χ4v) is 1.48. The van der Waals surface area contributed by atoms with E-state index in [1.165, 1.54) is 0 Å². The van der Waals surface area contributed by atoms with Crippen molar-refractivity contribution in [2.75, 3.05) is 0 Å². The van der Waals surface area contributed by atoms with Crippen LogP contribution in [0.5, 0.6) is 0 Å². The third-order valence-corrected chi connectivity index (χ3v) is 2.53. The van der Waals surface area contributed by atoms with Gasteiger partial charge < -0.3 is 0 Å². The van der Waals surface area contributed by atoms with E-state index in [0.717, 1.165) is 25.2 Å². The van der Waals surface area contributed by atoms with E-state index in [-0.39, 0.29) is 0 Å². The number of hydrogen-bond donors (Lipinski definition) is 0. The Morgan fingerprint density at radius 1 is 1.11 bits per heavy atom. The zero-order chi connectivity index (χ0) is 6.85. The van der Waals surface area contributed by atoms with Gasteiger partial charge in [0, 0.05) is 0 Å². The smallest absolute Gasteiger partial charge is 0.100 e. The molecule has 0 N–H and O–H groups in total. The monoisotopic (exact) mass is 130 g/mol. The molecule has 0 bridgehead atoms. The van der Waals surface area contributed by atoms with Crippen molar-refractivity contribution in [3.05, 3.63) is 0 Å². The van der Waals surface area contributed by atoms with Crippen LogP contribution in [0.4, 0.5) is 4.39 Å². The summed E-state index contributed by atoms with van der Waals surface area (Å²) < 4.78 is 12.6. The van der Waals surface area contributed by atoms with Gasteiger partial charge in [0.1, 0.15) is 6.17 Å². The molecule has 0 radical (unpaired) electrons. The van der Waals surface area contributed by atoms with E-state index in [1.54, 1.807) is 0 Å². The van der Waals surface area contributed by atoms with Gasteiger partial charge in [-0.2, -0.15) is 0 Å². The van der Waals surface area contributed by atoms with Gasteiger partial charge in [0.05, 0.1) is 0 Å². The summed E-state index contributed by atoms with van der Waals surface area (Å²) in [5.41, 5.74) is 0. The molecule has 0 nitrogen and oxygen atoms in total. The van der Waals surface area contributed by atoms with Crippen LogP contribution in [0.3, 0.4) is 0 Å². The van der Waals surface area contributed by atoms with Crippen molar-refractivity contribution in [1.82, 2.24) is 0 Å². The maximum atomic E-state index is 12.6. The lowest BCUT2D eigenvalue weighted by molar-refractivity contribution is 0.161. The highest BCUT2D eigenvalue weighted by Crippen LogP contribution is 2.30. The van der Waals surface area contributed by atoms with Crippen LogP contribution in [0.1, 0.15) is 33.1 Å². The molecular formula is C8H15F. The topological polar surface area (TPSA) is 0 Å². The van der Waals surface area contributed by atoms with Gasteiger partial charge in [0.25, 0.3) is 0 Å². The van der Waals surface area contributed by atoms with Crippen molar-refractivity contribution in [3.8, 4) is 0 Å². The summed E-state index contributed by atoms with van der Waals surface area (Å²) >= 11 is 0. The van der Waals surface area contributed by atoms with E-state index in [1.807, 2.05) is 0 Å². The summed E-state index contributed by atoms with van der Waals surface area (Å²) in [6.45, 7) is 4.37. The van der Waals surface area contributed by atoms with E-state index in [4.69, 9.17) is 0 Å². The zero-order valence-corrected chi connectivity index (χ0v) is 6.23. The van der Waals surface area contributed by atoms with E-state index in [0.29, 0.717) is 5.92 Å². The second-order valence-electron chi connectivity index (χ2n) is 3.36. The largest absolute Gasteiger partial charge is 0.247 e. The molecule has 0 saturated heterocycles. The fourth-order valence-electron chi connectivity index (χ4n) is 1.48. The summed E-state index contributed by atoms with van der Waals surface area (Å²) in [6.07, 6.45) is 2.17. The minimum atomic E-state index is -0.504. The molecule has 1 rings (SSSR count). The molecule has 0 aromatic heterocycles. The molecule has 0 aromatic carbocycles. The lowest BCUT2D eigenvalue weighted by Gasteiger charge is -2.27. The van der Waals surface area contributed by atoms with E-state index in [2.05, 4.69) is 13.8 Å². The zero-order valence-electron chi connectivity index (χ0n) is 6.23. The van der Waals surface area contributed by atoms with Gasteiger partial charge in [-0.15, -0.1) is 0 Å². The molecule has 0 amide bonds. The van der Waals surface area contributed by atoms with Crippen molar-refractivity contribution in [3.63, 3.8) is 0 Å². The predicted octanol–water partition coefficient (Wildman–Crippen LogP) is 2.78. The van der Waals surface area contributed by atoms with Crippen molar-refractivity contribution >= 4 is 0 Å². The third-order valence-electron chi connectivity index (χ3n) is 2.53. The first-order valence-electron chi connectivity index (χ1n) is 3.84. The van der Waals surface area contributed by atoms with Crippen LogP contribution in [0.15, 0.2) is 0 Å². The van der Waals surface area contributed by atoms with Crippen molar-refractivity contribution in [2.45, 2.75) is 39.3 Å². The van der Waals surface area contributed by atoms with Gasteiger partial charge in [0.15, 0.2) is 0 Å². The molecule has 9 heavy (non-hydrogen) atoms. The Morgan fingerprint density at radius 3 is 2.22 bits per heavy atom. The molecule has 0 aromatic rings. The molecule has 3 atom stereocenters. The standard InChI is InChI=1S/C8H15F/c1-6-3-4-8(9)5-7(6)2/h6-8H,3-5H2,1-2H3/t6-,7-,8+/m1/s1. The SMILES string of the molecule is C[C@@H]1CC[C@H](F)C[C@H]1C. The van der Waals surface area contributed by atoms with Crippen LogP contribution in [0, 0.1) is 11.8 Å². The minimum absolute atomic E-state index is 0.504. The first kappa shape index (κ1) is 7.04. The van der Waals surface area contributed by atoms with Gasteiger partial charge in [-0.05, 0) is 31.1 Å². The second-order valence-corrected chi connectivity index (χ2v) is 3.36. The highest BCUT2D eigenvalue weighted by Gasteiger charge is 2.23. The molecular weight excluding hydrogens is 115 g/mol. The number of rotatable bonds is 0. The van der Waals surface area contributed by atoms with Crippen LogP contribution in [-0.2, 0) is 0 Å². The molecule has 1 heteroatoms. The second kappa shape index (κ2) is 2.68. The number of alkyl halides is 1. The minimum Gasteiger partial charge on any atom is -0.247 e. The van der Waals surface area contributed by atoms with Crippen LogP contribution >= 0.6 is 0 Å². The predicted molar refractivity (Wildman–Crippen MR) is 37.1 cm³/mol. The number of halogens is 1. The van der Waals surface area contributed by atoms with Crippen molar-refractivity contribution < 1.29 is 4.39 Å². The summed E-state index contributed by atoms with van der Waals surface area (Å²) in [5, 5.41) is 0. The van der Waals surface area contributed by atoms with Crippen LogP contribution in [0.2, 0.25) is 0 Å². The summed E-state index contributed by atoms with van der Waals surface area (Å²) in [7, 11) is 0. The van der Waals surface area contributed by atoms with Gasteiger partial charge in [0.2, 0.25) is 0 Å². The van der Waals surface area contributed by atoms with Gasteiger partial charge in [-0.25, -0.2) is 4.39 Å². The lowest BCUT2D eigenvalue weighted by Crippen LogP contribution is -2.21. The summed E-state index contributed by atoms with van der Waals surface area (Å²) in [4.78, 5) is 0. The number of hydrogen-bond acceptors (Lipinski definition) is 0. The Kier molecular flexibility index (Phi) is 2.09. The Hall–Kier alpha value is -0.0700. The quantitative estimate of drug-likeness (QED) is 0.473. The first-order chi connectivity index (χ1) is 4.20. The Morgan fingerprint density at radius 2 is 1.78 bits per heavy atom. The highest BCUT2D eigenvalue weighted by atomic mass is 19.1. The first-order valence-corrected chi connectivity index (χ1v) is 3.84. The Labute approximate surface area is 56.5 Å². The van der Waals surface area contributed by atoms with Gasteiger partial charge in [-0.3, -0.25) is 0 Å². The maximum Gasteiger partial charge on any atom is 0.100 e. The van der Waals surface area contributed by atoms with Crippen LogP contribution < -0.4 is 0 Å². The van der Waals surface area contributed by atoms with Gasteiger partial charge >= 0.3 is 0 Å². The third kappa shape index (κ3) is 1.67. The maximum absolute atomic E-state index is 12.6. The summed E-state index contributed by atoms with van der Waals surface area (Å²) in [5.74, 6) is 1.35. The molecule has 1 aliphatic rings. The van der Waals surface area contributed by atoms with Gasteiger partial charge in [-0.1, -0.05) is 13.8 Å². The van der Waals surface area contributed by atoms with Crippen LogP contribution in [0.25, 0.3) is 0 Å². The van der Waals surface area contributed by atoms with Crippen molar-refractivity contribution in [2.24, 2.45) is 11.8 Å². The lowest BCUT2D eigenvalue weighted by atomic mass is 9.81. The van der Waals surface area contributed by atoms with Crippen LogP contribution in [-0.4, -0.2) is 6.17 Å². The fraction of sp³-hybridized carbons (Fsp3) is 1.00. The summed E-state index contributed by atoms with van der Waals surface area (Å²) in [6, 6.07) is 0. The normalized spacial score (nSPS) is 45.0. The molecule has 1 fully saturated rings. The Balaban J connectivity index is 2.35. The molecule has 54 valence electrons. The molecule has 0 spiro atoms.